The van der Waals surface area contributed by atoms with Gasteiger partial charge in [0, 0.05) is 25.4 Å². The number of nitrogens with two attached hydrogens (primary N) is 1. The number of rotatable bonds is 8. The van der Waals surface area contributed by atoms with Crippen LogP contribution in [0.1, 0.15) is 24.0 Å². The first-order chi connectivity index (χ1) is 17.9. The molecule has 0 unspecified atom stereocenters. The summed E-state index contributed by atoms with van der Waals surface area (Å²) in [5, 5.41) is 19.3. The van der Waals surface area contributed by atoms with Gasteiger partial charge in [-0.15, -0.1) is 0 Å². The third-order valence-electron chi connectivity index (χ3n) is 5.93. The largest absolute Gasteiger partial charge is 0.490 e. The van der Waals surface area contributed by atoms with Crippen molar-refractivity contribution in [1.29, 1.82) is 0 Å². The van der Waals surface area contributed by atoms with E-state index >= 15 is 0 Å². The minimum Gasteiger partial charge on any atom is -0.480 e. The highest BCUT2D eigenvalue weighted by Gasteiger charge is 2.38. The Morgan fingerprint density at radius 1 is 0.895 bits per heavy atom. The Bertz CT molecular complexity index is 1070. The van der Waals surface area contributed by atoms with E-state index < -0.39 is 30.2 Å². The summed E-state index contributed by atoms with van der Waals surface area (Å²) in [5.74, 6) is -4.52. The third kappa shape index (κ3) is 9.85. The van der Waals surface area contributed by atoms with Crippen LogP contribution in [-0.4, -0.2) is 70.2 Å². The summed E-state index contributed by atoms with van der Waals surface area (Å²) >= 11 is 0. The molecule has 1 fully saturated rings. The molecule has 0 spiro atoms. The predicted octanol–water partition coefficient (Wildman–Crippen LogP) is 2.24. The van der Waals surface area contributed by atoms with Gasteiger partial charge in [0.25, 0.3) is 0 Å². The standard InChI is InChI=1S/C24H29N3O4.C2HF3O2/c25-20(15-17-7-3-1-4-8-17)23(29)27-13-11-19(12-14-27)22(28)26-21(24(30)31)16-18-9-5-2-6-10-18;3-2(4,5)1(6)7/h1-10,19-21H,11-16,25H2,(H,26,28)(H,30,31);(H,6,7)/t20-,21-;/m0./s1. The van der Waals surface area contributed by atoms with Crippen LogP contribution in [0, 0.1) is 5.92 Å². The van der Waals surface area contributed by atoms with Crippen LogP contribution in [0.5, 0.6) is 0 Å². The van der Waals surface area contributed by atoms with Crippen molar-refractivity contribution in [1.82, 2.24) is 10.2 Å². The number of carbonyl (C=O) groups is 4. The summed E-state index contributed by atoms with van der Waals surface area (Å²) in [4.78, 5) is 47.5. The molecule has 1 heterocycles. The van der Waals surface area contributed by atoms with Gasteiger partial charge in [-0.1, -0.05) is 60.7 Å². The van der Waals surface area contributed by atoms with Crippen molar-refractivity contribution in [3.8, 4) is 0 Å². The van der Waals surface area contributed by atoms with Gasteiger partial charge in [0.2, 0.25) is 11.8 Å². The number of nitrogens with zero attached hydrogens (tertiary/aromatic N) is 1. The van der Waals surface area contributed by atoms with Crippen molar-refractivity contribution in [2.75, 3.05) is 13.1 Å². The van der Waals surface area contributed by atoms with E-state index in [0.717, 1.165) is 11.1 Å². The number of halogens is 3. The molecule has 3 rings (SSSR count). The van der Waals surface area contributed by atoms with Gasteiger partial charge in [-0.3, -0.25) is 9.59 Å². The normalized spacial score (nSPS) is 15.4. The van der Waals surface area contributed by atoms with Gasteiger partial charge in [-0.25, -0.2) is 9.59 Å². The first-order valence-electron chi connectivity index (χ1n) is 11.8. The van der Waals surface area contributed by atoms with E-state index in [2.05, 4.69) is 5.32 Å². The average molecular weight is 538 g/mol. The van der Waals surface area contributed by atoms with Crippen molar-refractivity contribution in [2.45, 2.75) is 43.9 Å². The molecular weight excluding hydrogens is 507 g/mol. The predicted molar refractivity (Wildman–Crippen MR) is 131 cm³/mol. The summed E-state index contributed by atoms with van der Waals surface area (Å²) < 4.78 is 31.7. The molecule has 0 radical (unpaired) electrons. The van der Waals surface area contributed by atoms with Gasteiger partial charge in [-0.05, 0) is 30.4 Å². The number of amides is 2. The van der Waals surface area contributed by atoms with Crippen molar-refractivity contribution in [3.63, 3.8) is 0 Å². The molecule has 206 valence electrons. The lowest BCUT2D eigenvalue weighted by Gasteiger charge is -2.33. The number of aliphatic carboxylic acids is 2. The maximum atomic E-state index is 12.7. The van der Waals surface area contributed by atoms with Gasteiger partial charge >= 0.3 is 18.1 Å². The van der Waals surface area contributed by atoms with E-state index in [1.165, 1.54) is 0 Å². The molecule has 1 aliphatic heterocycles. The zero-order valence-electron chi connectivity index (χ0n) is 20.4. The topological polar surface area (TPSA) is 150 Å². The van der Waals surface area contributed by atoms with Gasteiger partial charge in [0.15, 0.2) is 0 Å². The zero-order chi connectivity index (χ0) is 28.3. The number of piperidine rings is 1. The lowest BCUT2D eigenvalue weighted by Crippen LogP contribution is -2.51. The van der Waals surface area contributed by atoms with Crippen LogP contribution in [0.25, 0.3) is 0 Å². The minimum atomic E-state index is -5.08. The molecule has 0 bridgehead atoms. The van der Waals surface area contributed by atoms with E-state index in [4.69, 9.17) is 15.6 Å². The average Bonchev–Trinajstić information content (AvgIpc) is 2.89. The highest BCUT2D eigenvalue weighted by molar-refractivity contribution is 5.86. The number of benzene rings is 2. The number of carboxylic acids is 2. The third-order valence-corrected chi connectivity index (χ3v) is 5.93. The Morgan fingerprint density at radius 3 is 1.76 bits per heavy atom. The van der Waals surface area contributed by atoms with Crippen LogP contribution in [0.3, 0.4) is 0 Å². The van der Waals surface area contributed by atoms with E-state index in [0.29, 0.717) is 32.4 Å². The molecule has 9 nitrogen and oxygen atoms in total. The number of carbonyl (C=O) groups excluding carboxylic acids is 2. The van der Waals surface area contributed by atoms with Gasteiger partial charge in [0.1, 0.15) is 6.04 Å². The molecule has 38 heavy (non-hydrogen) atoms. The van der Waals surface area contributed by atoms with E-state index in [-0.39, 0.29) is 24.2 Å². The number of carboxylic acid groups (broad SMARTS) is 2. The second-order valence-corrected chi connectivity index (χ2v) is 8.79. The summed E-state index contributed by atoms with van der Waals surface area (Å²) in [5.41, 5.74) is 7.97. The highest BCUT2D eigenvalue weighted by atomic mass is 19.4. The second-order valence-electron chi connectivity index (χ2n) is 8.79. The number of likely N-dealkylation sites (tertiary alicyclic amines) is 1. The summed E-state index contributed by atoms with van der Waals surface area (Å²) in [6, 6.07) is 17.3. The monoisotopic (exact) mass is 537 g/mol. The van der Waals surface area contributed by atoms with Crippen LogP contribution in [0.4, 0.5) is 13.2 Å². The van der Waals surface area contributed by atoms with Gasteiger partial charge < -0.3 is 26.2 Å². The maximum absolute atomic E-state index is 12.7. The fraction of sp³-hybridized carbons (Fsp3) is 0.385. The Kier molecular flexibility index (Phi) is 11.3. The van der Waals surface area contributed by atoms with E-state index in [1.807, 2.05) is 60.7 Å². The first kappa shape index (κ1) is 30.3. The molecule has 1 aliphatic rings. The number of hydrogen-bond donors (Lipinski definition) is 4. The van der Waals surface area contributed by atoms with Crippen LogP contribution in [0.15, 0.2) is 60.7 Å². The zero-order valence-corrected chi connectivity index (χ0v) is 20.4. The van der Waals surface area contributed by atoms with Crippen LogP contribution in [0.2, 0.25) is 0 Å². The van der Waals surface area contributed by atoms with Crippen LogP contribution >= 0.6 is 0 Å². The van der Waals surface area contributed by atoms with Gasteiger partial charge in [0.05, 0.1) is 6.04 Å². The number of alkyl halides is 3. The lowest BCUT2D eigenvalue weighted by atomic mass is 9.94. The summed E-state index contributed by atoms with van der Waals surface area (Å²) in [7, 11) is 0. The molecule has 0 saturated carbocycles. The second kappa shape index (κ2) is 14.1. The lowest BCUT2D eigenvalue weighted by molar-refractivity contribution is -0.192. The molecule has 0 aromatic heterocycles. The minimum absolute atomic E-state index is 0.116. The smallest absolute Gasteiger partial charge is 0.480 e. The SMILES string of the molecule is N[C@@H](Cc1ccccc1)C(=O)N1CCC(C(=O)N[C@@H](Cc2ccccc2)C(=O)O)CC1.O=C(O)C(F)(F)F. The first-order valence-corrected chi connectivity index (χ1v) is 11.8. The van der Waals surface area contributed by atoms with Crippen LogP contribution in [-0.2, 0) is 32.0 Å². The molecule has 2 aromatic carbocycles. The van der Waals surface area contributed by atoms with Crippen molar-refractivity contribution in [2.24, 2.45) is 11.7 Å². The molecular formula is C26H30F3N3O6. The Labute approximate surface area is 217 Å². The molecule has 12 heteroatoms. The Hall–Kier alpha value is -3.93. The quantitative estimate of drug-likeness (QED) is 0.403. The van der Waals surface area contributed by atoms with Crippen molar-refractivity contribution in [3.05, 3.63) is 71.8 Å². The van der Waals surface area contributed by atoms with Gasteiger partial charge in [-0.2, -0.15) is 13.2 Å². The summed E-state index contributed by atoms with van der Waals surface area (Å²) in [6.45, 7) is 0.881. The van der Waals surface area contributed by atoms with Crippen molar-refractivity contribution < 1.29 is 42.6 Å². The number of hydrogen-bond acceptors (Lipinski definition) is 5. The molecule has 5 N–H and O–H groups in total. The maximum Gasteiger partial charge on any atom is 0.490 e. The van der Waals surface area contributed by atoms with Crippen LogP contribution < -0.4 is 11.1 Å². The number of nitrogens with one attached hydrogen (secondary N) is 1. The fourth-order valence-corrected chi connectivity index (χ4v) is 3.89. The van der Waals surface area contributed by atoms with Crippen molar-refractivity contribution >= 4 is 23.8 Å². The molecule has 0 aliphatic carbocycles. The fourth-order valence-electron chi connectivity index (χ4n) is 3.89. The van der Waals surface area contributed by atoms with E-state index in [1.54, 1.807) is 4.90 Å². The molecule has 2 amide bonds. The summed E-state index contributed by atoms with van der Waals surface area (Å²) in [6.07, 6.45) is -3.39. The Balaban J connectivity index is 0.000000638. The van der Waals surface area contributed by atoms with E-state index in [9.17, 15) is 32.7 Å². The highest BCUT2D eigenvalue weighted by Crippen LogP contribution is 2.19. The molecule has 1 saturated heterocycles. The molecule has 2 atom stereocenters. The molecule has 2 aromatic rings. The Morgan fingerprint density at radius 2 is 1.34 bits per heavy atom.